The number of carbonyl (C=O) groups is 2. The van der Waals surface area contributed by atoms with Gasteiger partial charge in [-0.15, -0.1) is 0 Å². The smallest absolute Gasteiger partial charge is 0.315 e. The molecular formula is C15H19N3O4S. The molecule has 1 fully saturated rings. The van der Waals surface area contributed by atoms with Crippen molar-refractivity contribution < 1.29 is 18.0 Å². The predicted octanol–water partition coefficient (Wildman–Crippen LogP) is 0.728. The number of fused-ring (bicyclic) bond motifs is 1. The molecule has 3 amide bonds. The van der Waals surface area contributed by atoms with Gasteiger partial charge >= 0.3 is 6.03 Å². The van der Waals surface area contributed by atoms with E-state index in [9.17, 15) is 18.0 Å². The van der Waals surface area contributed by atoms with Crippen LogP contribution in [0.1, 0.15) is 30.5 Å². The summed E-state index contributed by atoms with van der Waals surface area (Å²) in [5.74, 6) is 0.0961. The SMILES string of the molecule is C[C@@H](NC(=O)N[C@H]1CCS(=O)(=O)C1)c1ccc2c(c1)CC(=O)N2. The summed E-state index contributed by atoms with van der Waals surface area (Å²) in [4.78, 5) is 23.4. The highest BCUT2D eigenvalue weighted by Gasteiger charge is 2.29. The molecular weight excluding hydrogens is 318 g/mol. The van der Waals surface area contributed by atoms with E-state index in [0.717, 1.165) is 16.8 Å². The van der Waals surface area contributed by atoms with Crippen LogP contribution in [0, 0.1) is 0 Å². The van der Waals surface area contributed by atoms with E-state index in [0.29, 0.717) is 12.8 Å². The third-order valence-electron chi connectivity index (χ3n) is 4.17. The van der Waals surface area contributed by atoms with E-state index >= 15 is 0 Å². The molecule has 0 aliphatic carbocycles. The average molecular weight is 337 g/mol. The van der Waals surface area contributed by atoms with Gasteiger partial charge in [-0.2, -0.15) is 0 Å². The Morgan fingerprint density at radius 1 is 1.39 bits per heavy atom. The summed E-state index contributed by atoms with van der Waals surface area (Å²) in [7, 11) is -3.02. The number of sulfone groups is 1. The van der Waals surface area contributed by atoms with E-state index in [1.807, 2.05) is 25.1 Å². The lowest BCUT2D eigenvalue weighted by atomic mass is 10.0. The molecule has 1 saturated heterocycles. The molecule has 3 rings (SSSR count). The van der Waals surface area contributed by atoms with E-state index in [-0.39, 0.29) is 35.5 Å². The van der Waals surface area contributed by atoms with E-state index in [1.165, 1.54) is 0 Å². The lowest BCUT2D eigenvalue weighted by Gasteiger charge is -2.18. The summed E-state index contributed by atoms with van der Waals surface area (Å²) in [6.07, 6.45) is 0.804. The molecule has 0 bridgehead atoms. The largest absolute Gasteiger partial charge is 0.334 e. The zero-order valence-corrected chi connectivity index (χ0v) is 13.6. The molecule has 0 unspecified atom stereocenters. The fourth-order valence-electron chi connectivity index (χ4n) is 2.93. The number of hydrogen-bond donors (Lipinski definition) is 3. The van der Waals surface area contributed by atoms with Gasteiger partial charge in [-0.1, -0.05) is 12.1 Å². The van der Waals surface area contributed by atoms with Crippen LogP contribution in [0.25, 0.3) is 0 Å². The molecule has 1 aromatic carbocycles. The summed E-state index contributed by atoms with van der Waals surface area (Å²) in [6.45, 7) is 1.84. The zero-order valence-electron chi connectivity index (χ0n) is 12.8. The lowest BCUT2D eigenvalue weighted by molar-refractivity contribution is -0.115. The van der Waals surface area contributed by atoms with Crippen molar-refractivity contribution in [3.8, 4) is 0 Å². The standard InChI is InChI=1S/C15H19N3O4S/c1-9(10-2-3-13-11(6-10)7-14(19)18-13)16-15(20)17-12-4-5-23(21,22)8-12/h2-3,6,9,12H,4-5,7-8H2,1H3,(H,18,19)(H2,16,17,20)/t9-,12+/m1/s1. The van der Waals surface area contributed by atoms with Crippen LogP contribution >= 0.6 is 0 Å². The molecule has 0 aromatic heterocycles. The molecule has 7 nitrogen and oxygen atoms in total. The topological polar surface area (TPSA) is 104 Å². The lowest BCUT2D eigenvalue weighted by Crippen LogP contribution is -2.43. The molecule has 2 atom stereocenters. The third-order valence-corrected chi connectivity index (χ3v) is 5.94. The fraction of sp³-hybridized carbons (Fsp3) is 0.467. The maximum Gasteiger partial charge on any atom is 0.315 e. The second-order valence-electron chi connectivity index (χ2n) is 6.08. The van der Waals surface area contributed by atoms with Gasteiger partial charge in [-0.3, -0.25) is 4.79 Å². The summed E-state index contributed by atoms with van der Waals surface area (Å²) >= 11 is 0. The van der Waals surface area contributed by atoms with Crippen LogP contribution in [0.15, 0.2) is 18.2 Å². The van der Waals surface area contributed by atoms with Crippen molar-refractivity contribution in [3.05, 3.63) is 29.3 Å². The highest BCUT2D eigenvalue weighted by atomic mass is 32.2. The third kappa shape index (κ3) is 3.64. The first-order valence-corrected chi connectivity index (χ1v) is 9.35. The normalized spacial score (nSPS) is 23.0. The molecule has 2 heterocycles. The number of urea groups is 1. The van der Waals surface area contributed by atoms with Crippen LogP contribution in [0.5, 0.6) is 0 Å². The van der Waals surface area contributed by atoms with Crippen molar-refractivity contribution in [1.82, 2.24) is 10.6 Å². The minimum atomic E-state index is -3.02. The molecule has 8 heteroatoms. The molecule has 2 aliphatic rings. The molecule has 2 aliphatic heterocycles. The van der Waals surface area contributed by atoms with Crippen LogP contribution in [-0.4, -0.2) is 37.9 Å². The van der Waals surface area contributed by atoms with Gasteiger partial charge in [0, 0.05) is 11.7 Å². The van der Waals surface area contributed by atoms with Crippen LogP contribution in [0.2, 0.25) is 0 Å². The van der Waals surface area contributed by atoms with Gasteiger partial charge in [-0.25, -0.2) is 13.2 Å². The Bertz CT molecular complexity index is 760. The first-order chi connectivity index (χ1) is 10.8. The van der Waals surface area contributed by atoms with Gasteiger partial charge in [-0.05, 0) is 30.5 Å². The second-order valence-corrected chi connectivity index (χ2v) is 8.31. The molecule has 23 heavy (non-hydrogen) atoms. The van der Waals surface area contributed by atoms with Gasteiger partial charge < -0.3 is 16.0 Å². The quantitative estimate of drug-likeness (QED) is 0.756. The first kappa shape index (κ1) is 15.8. The highest BCUT2D eigenvalue weighted by molar-refractivity contribution is 7.91. The molecule has 0 radical (unpaired) electrons. The molecule has 1 aromatic rings. The minimum Gasteiger partial charge on any atom is -0.334 e. The summed E-state index contributed by atoms with van der Waals surface area (Å²) in [5.41, 5.74) is 2.63. The van der Waals surface area contributed by atoms with E-state index in [1.54, 1.807) is 0 Å². The summed E-state index contributed by atoms with van der Waals surface area (Å²) in [6, 6.07) is 4.64. The Labute approximate surface area is 134 Å². The van der Waals surface area contributed by atoms with E-state index < -0.39 is 9.84 Å². The first-order valence-electron chi connectivity index (χ1n) is 7.52. The van der Waals surface area contributed by atoms with Gasteiger partial charge in [0.1, 0.15) is 0 Å². The number of anilines is 1. The van der Waals surface area contributed by atoms with Crippen molar-refractivity contribution in [3.63, 3.8) is 0 Å². The minimum absolute atomic E-state index is 0.00142. The predicted molar refractivity (Wildman–Crippen MR) is 85.9 cm³/mol. The number of rotatable bonds is 3. The Hall–Kier alpha value is -2.09. The van der Waals surface area contributed by atoms with E-state index in [2.05, 4.69) is 16.0 Å². The van der Waals surface area contributed by atoms with Crippen LogP contribution in [0.4, 0.5) is 10.5 Å². The van der Waals surface area contributed by atoms with E-state index in [4.69, 9.17) is 0 Å². The maximum atomic E-state index is 12.0. The Kier molecular flexibility index (Phi) is 4.01. The number of amides is 3. The molecule has 3 N–H and O–H groups in total. The van der Waals surface area contributed by atoms with Crippen molar-refractivity contribution >= 4 is 27.5 Å². The van der Waals surface area contributed by atoms with Crippen molar-refractivity contribution in [1.29, 1.82) is 0 Å². The number of benzene rings is 1. The number of carbonyl (C=O) groups excluding carboxylic acids is 2. The zero-order chi connectivity index (χ0) is 16.6. The summed E-state index contributed by atoms with van der Waals surface area (Å²) in [5, 5.41) is 8.27. The molecule has 0 spiro atoms. The van der Waals surface area contributed by atoms with Crippen molar-refractivity contribution in [2.45, 2.75) is 31.8 Å². The van der Waals surface area contributed by atoms with Crippen molar-refractivity contribution in [2.24, 2.45) is 0 Å². The highest BCUT2D eigenvalue weighted by Crippen LogP contribution is 2.26. The Morgan fingerprint density at radius 2 is 2.17 bits per heavy atom. The summed E-state index contributed by atoms with van der Waals surface area (Å²) < 4.78 is 22.8. The Balaban J connectivity index is 1.59. The van der Waals surface area contributed by atoms with Gasteiger partial charge in [0.25, 0.3) is 0 Å². The van der Waals surface area contributed by atoms with Crippen LogP contribution < -0.4 is 16.0 Å². The number of nitrogens with one attached hydrogen (secondary N) is 3. The molecule has 124 valence electrons. The van der Waals surface area contributed by atoms with Gasteiger partial charge in [0.05, 0.1) is 24.0 Å². The van der Waals surface area contributed by atoms with Gasteiger partial charge in [0.2, 0.25) is 5.91 Å². The fourth-order valence-corrected chi connectivity index (χ4v) is 4.61. The monoisotopic (exact) mass is 337 g/mol. The molecule has 0 saturated carbocycles. The number of hydrogen-bond acceptors (Lipinski definition) is 4. The Morgan fingerprint density at radius 3 is 2.87 bits per heavy atom. The van der Waals surface area contributed by atoms with Gasteiger partial charge in [0.15, 0.2) is 9.84 Å². The van der Waals surface area contributed by atoms with Crippen LogP contribution in [0.3, 0.4) is 0 Å². The maximum absolute atomic E-state index is 12.0. The van der Waals surface area contributed by atoms with Crippen LogP contribution in [-0.2, 0) is 21.1 Å². The average Bonchev–Trinajstić information content (AvgIpc) is 2.98. The van der Waals surface area contributed by atoms with Crippen molar-refractivity contribution in [2.75, 3.05) is 16.8 Å². The second kappa shape index (κ2) is 5.84.